The maximum Gasteiger partial charge on any atom is 0.306 e. The molecule has 1 aromatic heterocycles. The Balaban J connectivity index is 1.58. The third kappa shape index (κ3) is 3.53. The largest absolute Gasteiger partial charge is 0.493 e. The molecule has 3 aromatic rings. The van der Waals surface area contributed by atoms with Gasteiger partial charge in [0.2, 0.25) is 11.7 Å². The quantitative estimate of drug-likeness (QED) is 0.406. The highest BCUT2D eigenvalue weighted by molar-refractivity contribution is 6.15. The van der Waals surface area contributed by atoms with Crippen LogP contribution in [0.5, 0.6) is 28.9 Å². The van der Waals surface area contributed by atoms with E-state index in [0.717, 1.165) is 5.56 Å². The Bertz CT molecular complexity index is 1340. The fourth-order valence-electron chi connectivity index (χ4n) is 4.24. The molecule has 0 saturated carbocycles. The molecule has 34 heavy (non-hydrogen) atoms. The van der Waals surface area contributed by atoms with Crippen molar-refractivity contribution in [2.24, 2.45) is 0 Å². The number of nitrogens with zero attached hydrogens (tertiary/aromatic N) is 1. The van der Waals surface area contributed by atoms with E-state index in [4.69, 9.17) is 23.7 Å². The van der Waals surface area contributed by atoms with Gasteiger partial charge >= 0.3 is 5.97 Å². The summed E-state index contributed by atoms with van der Waals surface area (Å²) in [5.41, 5.74) is 2.45. The maximum absolute atomic E-state index is 13.2. The zero-order valence-electron chi connectivity index (χ0n) is 18.8. The molecule has 8 heteroatoms. The lowest BCUT2D eigenvalue weighted by Gasteiger charge is -2.27. The van der Waals surface area contributed by atoms with Crippen LogP contribution in [0.2, 0.25) is 0 Å². The van der Waals surface area contributed by atoms with Gasteiger partial charge in [-0.25, -0.2) is 4.98 Å². The van der Waals surface area contributed by atoms with Crippen LogP contribution in [0.4, 0.5) is 0 Å². The molecule has 0 N–H and O–H groups in total. The minimum absolute atomic E-state index is 0.0499. The molecule has 0 radical (unpaired) electrons. The highest BCUT2D eigenvalue weighted by Crippen LogP contribution is 2.52. The summed E-state index contributed by atoms with van der Waals surface area (Å²) in [6.07, 6.45) is 3.32. The summed E-state index contributed by atoms with van der Waals surface area (Å²) in [6.45, 7) is 0. The minimum Gasteiger partial charge on any atom is -0.493 e. The Hall–Kier alpha value is -4.33. The average Bonchev–Trinajstić information content (AvgIpc) is 3.18. The van der Waals surface area contributed by atoms with Crippen LogP contribution in [-0.2, 0) is 9.53 Å². The first-order chi connectivity index (χ1) is 16.5. The van der Waals surface area contributed by atoms with Crippen molar-refractivity contribution in [3.63, 3.8) is 0 Å². The number of pyridine rings is 1. The average molecular weight is 459 g/mol. The summed E-state index contributed by atoms with van der Waals surface area (Å²) in [5.74, 6) is 1.44. The van der Waals surface area contributed by atoms with Gasteiger partial charge in [0.1, 0.15) is 11.5 Å². The van der Waals surface area contributed by atoms with Crippen molar-refractivity contribution in [1.82, 2.24) is 4.98 Å². The number of rotatable bonds is 5. The van der Waals surface area contributed by atoms with E-state index in [1.165, 1.54) is 7.11 Å². The fourth-order valence-corrected chi connectivity index (χ4v) is 4.24. The molecule has 1 atom stereocenters. The molecule has 3 heterocycles. The van der Waals surface area contributed by atoms with Gasteiger partial charge in [-0.15, -0.1) is 0 Å². The Morgan fingerprint density at radius 3 is 2.65 bits per heavy atom. The monoisotopic (exact) mass is 459 g/mol. The van der Waals surface area contributed by atoms with Gasteiger partial charge in [0, 0.05) is 23.2 Å². The second-order valence-electron chi connectivity index (χ2n) is 7.74. The molecule has 2 aromatic carbocycles. The molecule has 8 nitrogen and oxygen atoms in total. The number of methoxy groups -OCH3 is 3. The predicted octanol–water partition coefficient (Wildman–Crippen LogP) is 4.52. The van der Waals surface area contributed by atoms with E-state index in [0.29, 0.717) is 45.6 Å². The second kappa shape index (κ2) is 8.55. The third-order valence-electron chi connectivity index (χ3n) is 5.87. The maximum atomic E-state index is 13.2. The number of carbonyl (C=O) groups is 2. The number of ether oxygens (including phenoxy) is 5. The van der Waals surface area contributed by atoms with Crippen LogP contribution in [0, 0.1) is 0 Å². The van der Waals surface area contributed by atoms with Crippen LogP contribution in [0.3, 0.4) is 0 Å². The van der Waals surface area contributed by atoms with Gasteiger partial charge in [0.15, 0.2) is 17.3 Å². The van der Waals surface area contributed by atoms with Crippen LogP contribution in [0.25, 0.3) is 6.08 Å². The summed E-state index contributed by atoms with van der Waals surface area (Å²) in [6, 6.07) is 12.3. The molecular formula is C26H21NO7. The number of carbonyl (C=O) groups excluding carboxylic acids is 2. The van der Waals surface area contributed by atoms with Crippen LogP contribution < -0.4 is 18.9 Å². The third-order valence-corrected chi connectivity index (χ3v) is 5.87. The first-order valence-electron chi connectivity index (χ1n) is 10.6. The Kier molecular flexibility index (Phi) is 5.41. The van der Waals surface area contributed by atoms with E-state index in [2.05, 4.69) is 4.98 Å². The highest BCUT2D eigenvalue weighted by atomic mass is 16.5. The van der Waals surface area contributed by atoms with Gasteiger partial charge in [0.25, 0.3) is 0 Å². The van der Waals surface area contributed by atoms with Gasteiger partial charge in [-0.3, -0.25) is 9.59 Å². The molecule has 5 rings (SSSR count). The molecule has 172 valence electrons. The molecule has 0 unspecified atom stereocenters. The van der Waals surface area contributed by atoms with Crippen molar-refractivity contribution in [2.75, 3.05) is 21.3 Å². The van der Waals surface area contributed by atoms with Crippen molar-refractivity contribution < 1.29 is 33.3 Å². The first kappa shape index (κ1) is 21.5. The van der Waals surface area contributed by atoms with E-state index >= 15 is 0 Å². The van der Waals surface area contributed by atoms with Crippen LogP contribution in [-0.4, -0.2) is 38.1 Å². The number of esters is 1. The second-order valence-corrected chi connectivity index (χ2v) is 7.74. The normalized spacial score (nSPS) is 16.6. The predicted molar refractivity (Wildman–Crippen MR) is 122 cm³/mol. The van der Waals surface area contributed by atoms with Crippen molar-refractivity contribution in [3.8, 4) is 28.9 Å². The number of hydrogen-bond acceptors (Lipinski definition) is 8. The van der Waals surface area contributed by atoms with Crippen LogP contribution >= 0.6 is 0 Å². The number of allylic oxidation sites excluding steroid dienone is 1. The number of Topliss-reactive ketones (excluding diaryl/α,β-unsaturated/α-hetero) is 1. The summed E-state index contributed by atoms with van der Waals surface area (Å²) in [7, 11) is 4.44. The van der Waals surface area contributed by atoms with E-state index in [1.54, 1.807) is 62.9 Å². The lowest BCUT2D eigenvalue weighted by atomic mass is 9.85. The van der Waals surface area contributed by atoms with Gasteiger partial charge in [-0.2, -0.15) is 0 Å². The Morgan fingerprint density at radius 1 is 1.06 bits per heavy atom. The van der Waals surface area contributed by atoms with Crippen LogP contribution in [0.15, 0.2) is 54.4 Å². The molecule has 2 aliphatic heterocycles. The Morgan fingerprint density at radius 2 is 1.88 bits per heavy atom. The molecular weight excluding hydrogens is 438 g/mol. The molecule has 0 aliphatic carbocycles. The lowest BCUT2D eigenvalue weighted by molar-refractivity contribution is -0.140. The molecule has 2 aliphatic rings. The van der Waals surface area contributed by atoms with Gasteiger partial charge in [-0.1, -0.05) is 12.1 Å². The fraction of sp³-hybridized carbons (Fsp3) is 0.192. The molecule has 0 saturated heterocycles. The number of aromatic nitrogens is 1. The van der Waals surface area contributed by atoms with E-state index < -0.39 is 11.9 Å². The highest BCUT2D eigenvalue weighted by Gasteiger charge is 2.39. The van der Waals surface area contributed by atoms with Gasteiger partial charge < -0.3 is 23.7 Å². The van der Waals surface area contributed by atoms with Crippen LogP contribution in [0.1, 0.15) is 39.4 Å². The molecule has 0 fully saturated rings. The lowest BCUT2D eigenvalue weighted by Crippen LogP contribution is -2.16. The zero-order chi connectivity index (χ0) is 23.8. The number of ketones is 1. The summed E-state index contributed by atoms with van der Waals surface area (Å²) >= 11 is 0. The number of benzene rings is 2. The zero-order valence-corrected chi connectivity index (χ0v) is 18.8. The van der Waals surface area contributed by atoms with Crippen molar-refractivity contribution in [1.29, 1.82) is 0 Å². The van der Waals surface area contributed by atoms with Crippen molar-refractivity contribution in [3.05, 3.63) is 76.7 Å². The SMILES string of the molecule is COC(=O)C[C@@H]1c2cccnc2Oc2ccc3c(c21)O/C(=C\c1ccc(OC)c(OC)c1)C3=O. The smallest absolute Gasteiger partial charge is 0.306 e. The van der Waals surface area contributed by atoms with Crippen molar-refractivity contribution in [2.45, 2.75) is 12.3 Å². The Labute approximate surface area is 195 Å². The number of hydrogen-bond donors (Lipinski definition) is 0. The standard InChI is InChI=1S/C26H21NO7/c1-30-18-8-6-14(11-20(18)31-2)12-21-24(29)16-7-9-19-23(25(16)33-21)17(13-22(28)32-3)15-5-4-10-27-26(15)34-19/h4-12,17H,13H2,1-3H3/b21-12-/t17-/m1/s1. The summed E-state index contributed by atoms with van der Waals surface area (Å²) in [5, 5.41) is 0. The molecule has 0 bridgehead atoms. The number of fused-ring (bicyclic) bond motifs is 4. The topological polar surface area (TPSA) is 93.2 Å². The van der Waals surface area contributed by atoms with E-state index in [-0.39, 0.29) is 18.0 Å². The minimum atomic E-state index is -0.442. The van der Waals surface area contributed by atoms with Crippen molar-refractivity contribution >= 4 is 17.8 Å². The summed E-state index contributed by atoms with van der Waals surface area (Å²) < 4.78 is 27.6. The van der Waals surface area contributed by atoms with E-state index in [1.807, 2.05) is 6.07 Å². The van der Waals surface area contributed by atoms with E-state index in [9.17, 15) is 9.59 Å². The summed E-state index contributed by atoms with van der Waals surface area (Å²) in [4.78, 5) is 29.8. The first-order valence-corrected chi connectivity index (χ1v) is 10.6. The molecule has 0 amide bonds. The molecule has 0 spiro atoms. The van der Waals surface area contributed by atoms with Gasteiger partial charge in [0.05, 0.1) is 33.3 Å². The van der Waals surface area contributed by atoms with Gasteiger partial charge in [-0.05, 0) is 42.0 Å².